The Bertz CT molecular complexity index is 957. The van der Waals surface area contributed by atoms with Crippen LogP contribution in [-0.4, -0.2) is 50.0 Å². The maximum absolute atomic E-state index is 12.7. The Kier molecular flexibility index (Phi) is 5.84. The minimum Gasteiger partial charge on any atom is -0.484 e. The third-order valence-corrected chi connectivity index (χ3v) is 5.23. The molecule has 0 spiro atoms. The summed E-state index contributed by atoms with van der Waals surface area (Å²) < 4.78 is 7.64. The van der Waals surface area contributed by atoms with Gasteiger partial charge < -0.3 is 9.64 Å². The average Bonchev–Trinajstić information content (AvgIpc) is 3.27. The molecule has 0 N–H and O–H groups in total. The van der Waals surface area contributed by atoms with Gasteiger partial charge in [0.05, 0.1) is 5.69 Å². The van der Waals surface area contributed by atoms with Crippen LogP contribution < -0.4 is 4.74 Å². The number of imidazole rings is 1. The van der Waals surface area contributed by atoms with Crippen molar-refractivity contribution in [1.82, 2.24) is 24.4 Å². The Hall–Kier alpha value is -3.22. The lowest BCUT2D eigenvalue weighted by Crippen LogP contribution is -2.42. The van der Waals surface area contributed by atoms with E-state index in [1.165, 1.54) is 0 Å². The van der Waals surface area contributed by atoms with Crippen LogP contribution in [-0.2, 0) is 11.2 Å². The van der Waals surface area contributed by atoms with Crippen molar-refractivity contribution in [2.24, 2.45) is 0 Å². The highest BCUT2D eigenvalue weighted by Crippen LogP contribution is 2.29. The first-order valence-corrected chi connectivity index (χ1v) is 10.1. The number of aromatic nitrogens is 4. The lowest BCUT2D eigenvalue weighted by atomic mass is 9.94. The van der Waals surface area contributed by atoms with E-state index in [4.69, 9.17) is 4.74 Å². The summed E-state index contributed by atoms with van der Waals surface area (Å²) in [4.78, 5) is 28.2. The van der Waals surface area contributed by atoms with Crippen LogP contribution in [0.5, 0.6) is 5.75 Å². The largest absolute Gasteiger partial charge is 0.484 e. The van der Waals surface area contributed by atoms with E-state index in [9.17, 15) is 4.79 Å². The predicted octanol–water partition coefficient (Wildman–Crippen LogP) is 3.01. The van der Waals surface area contributed by atoms with Gasteiger partial charge in [0.1, 0.15) is 11.6 Å². The van der Waals surface area contributed by atoms with Crippen LogP contribution in [0.25, 0.3) is 5.82 Å². The molecule has 0 bridgehead atoms. The fourth-order valence-electron chi connectivity index (χ4n) is 3.78. The summed E-state index contributed by atoms with van der Waals surface area (Å²) in [5.74, 6) is 2.60. The number of carbonyl (C=O) groups excluding carboxylic acids is 1. The highest BCUT2D eigenvalue weighted by Gasteiger charge is 2.28. The predicted molar refractivity (Wildman–Crippen MR) is 109 cm³/mol. The van der Waals surface area contributed by atoms with E-state index in [1.807, 2.05) is 46.0 Å². The zero-order chi connectivity index (χ0) is 20.1. The fraction of sp³-hybridized carbons (Fsp3) is 0.364. The molecule has 1 fully saturated rings. The van der Waals surface area contributed by atoms with Gasteiger partial charge in [-0.2, -0.15) is 0 Å². The molecule has 0 unspecified atom stereocenters. The molecule has 1 aliphatic rings. The summed E-state index contributed by atoms with van der Waals surface area (Å²) in [5.41, 5.74) is 0.918. The van der Waals surface area contributed by atoms with E-state index < -0.39 is 0 Å². The molecule has 3 aromatic rings. The molecular formula is C22H25N5O2. The highest BCUT2D eigenvalue weighted by molar-refractivity contribution is 5.78. The van der Waals surface area contributed by atoms with Crippen molar-refractivity contribution in [3.63, 3.8) is 0 Å². The number of carbonyl (C=O) groups is 1. The number of amides is 1. The van der Waals surface area contributed by atoms with Crippen molar-refractivity contribution in [2.45, 2.75) is 32.1 Å². The van der Waals surface area contributed by atoms with Crippen molar-refractivity contribution in [3.05, 3.63) is 66.6 Å². The highest BCUT2D eigenvalue weighted by atomic mass is 16.5. The Morgan fingerprint density at radius 3 is 2.79 bits per heavy atom. The number of likely N-dealkylation sites (tertiary alicyclic amines) is 1. The molecule has 1 amide bonds. The van der Waals surface area contributed by atoms with E-state index >= 15 is 0 Å². The molecule has 1 saturated heterocycles. The Morgan fingerprint density at radius 1 is 1.14 bits per heavy atom. The van der Waals surface area contributed by atoms with Gasteiger partial charge >= 0.3 is 0 Å². The zero-order valence-electron chi connectivity index (χ0n) is 16.6. The number of nitrogens with zero attached hydrogens (tertiary/aromatic N) is 5. The van der Waals surface area contributed by atoms with E-state index in [0.29, 0.717) is 12.3 Å². The van der Waals surface area contributed by atoms with E-state index in [1.54, 1.807) is 18.6 Å². The first kappa shape index (κ1) is 19.1. The summed E-state index contributed by atoms with van der Waals surface area (Å²) in [6.07, 6.45) is 9.86. The van der Waals surface area contributed by atoms with E-state index in [0.717, 1.165) is 43.1 Å². The first-order chi connectivity index (χ1) is 14.3. The number of rotatable bonds is 6. The molecule has 7 heteroatoms. The molecule has 3 heterocycles. The maximum Gasteiger partial charge on any atom is 0.260 e. The monoisotopic (exact) mass is 391 g/mol. The Balaban J connectivity index is 1.48. The van der Waals surface area contributed by atoms with Gasteiger partial charge in [0.25, 0.3) is 5.91 Å². The second kappa shape index (κ2) is 8.86. The quantitative estimate of drug-likeness (QED) is 0.646. The lowest BCUT2D eigenvalue weighted by Gasteiger charge is -2.33. The maximum atomic E-state index is 12.7. The van der Waals surface area contributed by atoms with Crippen LogP contribution in [0.1, 0.15) is 37.2 Å². The summed E-state index contributed by atoms with van der Waals surface area (Å²) in [6, 6.07) is 9.43. The van der Waals surface area contributed by atoms with Crippen LogP contribution in [0.15, 0.2) is 55.1 Å². The van der Waals surface area contributed by atoms with Crippen LogP contribution in [0.3, 0.4) is 0 Å². The number of ether oxygens (including phenoxy) is 1. The Labute approximate surface area is 170 Å². The molecule has 0 saturated carbocycles. The van der Waals surface area contributed by atoms with Crippen molar-refractivity contribution >= 4 is 5.91 Å². The van der Waals surface area contributed by atoms with Gasteiger partial charge in [-0.15, -0.1) is 0 Å². The van der Waals surface area contributed by atoms with Crippen LogP contribution >= 0.6 is 0 Å². The van der Waals surface area contributed by atoms with Crippen molar-refractivity contribution in [3.8, 4) is 11.6 Å². The van der Waals surface area contributed by atoms with Gasteiger partial charge in [0.2, 0.25) is 0 Å². The molecular weight excluding hydrogens is 366 g/mol. The fourth-order valence-corrected chi connectivity index (χ4v) is 3.78. The second-order valence-electron chi connectivity index (χ2n) is 7.11. The van der Waals surface area contributed by atoms with Crippen LogP contribution in [0.4, 0.5) is 0 Å². The molecule has 1 aromatic carbocycles. The molecule has 0 aliphatic carbocycles. The van der Waals surface area contributed by atoms with Crippen LogP contribution in [0, 0.1) is 0 Å². The normalized spacial score (nSPS) is 16.6. The van der Waals surface area contributed by atoms with Crippen LogP contribution in [0.2, 0.25) is 0 Å². The lowest BCUT2D eigenvalue weighted by molar-refractivity contribution is -0.134. The molecule has 29 heavy (non-hydrogen) atoms. The molecule has 0 radical (unpaired) electrons. The molecule has 150 valence electrons. The first-order valence-electron chi connectivity index (χ1n) is 10.1. The van der Waals surface area contributed by atoms with Gasteiger partial charge in [0.15, 0.2) is 12.4 Å². The van der Waals surface area contributed by atoms with E-state index in [-0.39, 0.29) is 18.4 Å². The summed E-state index contributed by atoms with van der Waals surface area (Å²) >= 11 is 0. The topological polar surface area (TPSA) is 73.1 Å². The average molecular weight is 391 g/mol. The minimum absolute atomic E-state index is 0.000807. The SMILES string of the molecule is CCc1nccn1-c1nccnc1[C@@H]1CCCN(C(=O)COc2ccccc2)C1. The number of aryl methyl sites for hydroxylation is 1. The molecule has 4 rings (SSSR count). The standard InChI is InChI=1S/C22H25N5O2/c1-2-19-23-12-14-27(19)22-21(24-10-11-25-22)17-7-6-13-26(15-17)20(28)16-29-18-8-4-3-5-9-18/h3-5,8-12,14,17H,2,6-7,13,15-16H2,1H3/t17-/m1/s1. The summed E-state index contributed by atoms with van der Waals surface area (Å²) in [7, 11) is 0. The van der Waals surface area contributed by atoms with Gasteiger partial charge in [0, 0.05) is 50.2 Å². The smallest absolute Gasteiger partial charge is 0.260 e. The van der Waals surface area contributed by atoms with Gasteiger partial charge in [-0.3, -0.25) is 14.3 Å². The number of para-hydroxylation sites is 1. The van der Waals surface area contributed by atoms with Crippen molar-refractivity contribution < 1.29 is 9.53 Å². The second-order valence-corrected chi connectivity index (χ2v) is 7.11. The van der Waals surface area contributed by atoms with Gasteiger partial charge in [-0.05, 0) is 25.0 Å². The van der Waals surface area contributed by atoms with Crippen molar-refractivity contribution in [2.75, 3.05) is 19.7 Å². The summed E-state index contributed by atoms with van der Waals surface area (Å²) in [5, 5.41) is 0. The van der Waals surface area contributed by atoms with Crippen molar-refractivity contribution in [1.29, 1.82) is 0 Å². The number of piperidine rings is 1. The number of hydrogen-bond acceptors (Lipinski definition) is 5. The van der Waals surface area contributed by atoms with E-state index in [2.05, 4.69) is 21.9 Å². The van der Waals surface area contributed by atoms with Gasteiger partial charge in [-0.1, -0.05) is 25.1 Å². The third-order valence-electron chi connectivity index (χ3n) is 5.23. The third kappa shape index (κ3) is 4.29. The minimum atomic E-state index is 0.000807. The number of hydrogen-bond donors (Lipinski definition) is 0. The number of benzene rings is 1. The molecule has 2 aromatic heterocycles. The summed E-state index contributed by atoms with van der Waals surface area (Å²) in [6.45, 7) is 3.49. The van der Waals surface area contributed by atoms with Gasteiger partial charge in [-0.25, -0.2) is 9.97 Å². The molecule has 7 nitrogen and oxygen atoms in total. The zero-order valence-corrected chi connectivity index (χ0v) is 16.6. The molecule has 1 aliphatic heterocycles. The Morgan fingerprint density at radius 2 is 1.97 bits per heavy atom. The molecule has 1 atom stereocenters.